The lowest BCUT2D eigenvalue weighted by atomic mass is 9.88. The third-order valence-electron chi connectivity index (χ3n) is 3.35. The molecule has 0 saturated heterocycles. The zero-order valence-electron chi connectivity index (χ0n) is 11.9. The highest BCUT2D eigenvalue weighted by atomic mass is 19.1. The molecule has 2 heteroatoms. The van der Waals surface area contributed by atoms with Gasteiger partial charge >= 0.3 is 0 Å². The van der Waals surface area contributed by atoms with E-state index in [1.54, 1.807) is 6.07 Å². The number of alkyl halides is 1. The zero-order valence-corrected chi connectivity index (χ0v) is 11.9. The smallest absolute Gasteiger partial charge is 0.123 e. The van der Waals surface area contributed by atoms with Crippen molar-refractivity contribution in [3.8, 4) is 0 Å². The number of benzene rings is 2. The Hall–Kier alpha value is -1.70. The fourth-order valence-electron chi connectivity index (χ4n) is 2.37. The van der Waals surface area contributed by atoms with Gasteiger partial charge in [-0.3, -0.25) is 4.39 Å². The van der Waals surface area contributed by atoms with Crippen molar-refractivity contribution in [2.45, 2.75) is 26.7 Å². The van der Waals surface area contributed by atoms with Crippen LogP contribution in [0.2, 0.25) is 0 Å². The second-order valence-corrected chi connectivity index (χ2v) is 4.58. The van der Waals surface area contributed by atoms with Gasteiger partial charge in [-0.1, -0.05) is 37.3 Å². The quantitative estimate of drug-likeness (QED) is 0.699. The summed E-state index contributed by atoms with van der Waals surface area (Å²) >= 11 is 0. The van der Waals surface area contributed by atoms with Crippen molar-refractivity contribution in [2.75, 3.05) is 7.18 Å². The largest absolute Gasteiger partial charge is 0.255 e. The monoisotopic (exact) mass is 262 g/mol. The molecule has 0 aliphatic carbocycles. The van der Waals surface area contributed by atoms with Crippen molar-refractivity contribution in [1.29, 1.82) is 0 Å². The topological polar surface area (TPSA) is 0 Å². The summed E-state index contributed by atoms with van der Waals surface area (Å²) in [5.74, 6) is 0.139. The molecule has 2 aromatic carbocycles. The molecule has 0 aliphatic heterocycles. The maximum absolute atomic E-state index is 13.1. The minimum absolute atomic E-state index is 0.164. The highest BCUT2D eigenvalue weighted by Crippen LogP contribution is 2.28. The minimum atomic E-state index is -0.164. The second-order valence-electron chi connectivity index (χ2n) is 4.58. The van der Waals surface area contributed by atoms with Gasteiger partial charge in [-0.05, 0) is 48.2 Å². The molecule has 0 N–H and O–H groups in total. The summed E-state index contributed by atoms with van der Waals surface area (Å²) in [6, 6.07) is 13.4. The third kappa shape index (κ3) is 3.63. The molecule has 102 valence electrons. The Morgan fingerprint density at radius 3 is 2.00 bits per heavy atom. The van der Waals surface area contributed by atoms with E-state index in [1.807, 2.05) is 19.1 Å². The van der Waals surface area contributed by atoms with Crippen molar-refractivity contribution in [1.82, 2.24) is 0 Å². The first-order valence-corrected chi connectivity index (χ1v) is 6.29. The number of hydrogen-bond donors (Lipinski definition) is 0. The fraction of sp³-hybridized carbons (Fsp3) is 0.294. The molecule has 2 aromatic rings. The molecule has 0 spiro atoms. The first-order chi connectivity index (χ1) is 9.09. The molecule has 1 atom stereocenters. The number of halogens is 2. The van der Waals surface area contributed by atoms with E-state index in [1.165, 1.54) is 22.8 Å². The normalized spacial score (nSPS) is 11.5. The average Bonchev–Trinajstić information content (AvgIpc) is 2.41. The van der Waals surface area contributed by atoms with Crippen LogP contribution in [-0.2, 0) is 0 Å². The van der Waals surface area contributed by atoms with Gasteiger partial charge in [0.05, 0.1) is 7.18 Å². The SMILES string of the molecule is CF.Cc1ccccc1C(C)c1ccc(F)cc1C. The van der Waals surface area contributed by atoms with Crippen LogP contribution in [0.3, 0.4) is 0 Å². The van der Waals surface area contributed by atoms with Crippen LogP contribution >= 0.6 is 0 Å². The van der Waals surface area contributed by atoms with Crippen LogP contribution in [0.4, 0.5) is 8.78 Å². The predicted octanol–water partition coefficient (Wildman–Crippen LogP) is 5.18. The van der Waals surface area contributed by atoms with Crippen molar-refractivity contribution < 1.29 is 8.78 Å². The Balaban J connectivity index is 0.000000861. The average molecular weight is 262 g/mol. The van der Waals surface area contributed by atoms with Gasteiger partial charge < -0.3 is 0 Å². The Morgan fingerprint density at radius 1 is 0.842 bits per heavy atom. The van der Waals surface area contributed by atoms with E-state index in [2.05, 4.69) is 32.0 Å². The van der Waals surface area contributed by atoms with E-state index >= 15 is 0 Å². The lowest BCUT2D eigenvalue weighted by Crippen LogP contribution is -2.01. The van der Waals surface area contributed by atoms with Crippen LogP contribution < -0.4 is 0 Å². The van der Waals surface area contributed by atoms with E-state index in [9.17, 15) is 8.78 Å². The van der Waals surface area contributed by atoms with Crippen molar-refractivity contribution in [3.05, 3.63) is 70.5 Å². The highest BCUT2D eigenvalue weighted by Gasteiger charge is 2.12. The van der Waals surface area contributed by atoms with Crippen LogP contribution in [-0.4, -0.2) is 7.18 Å². The summed E-state index contributed by atoms with van der Waals surface area (Å²) < 4.78 is 22.6. The van der Waals surface area contributed by atoms with Gasteiger partial charge in [0, 0.05) is 5.92 Å². The Morgan fingerprint density at radius 2 is 1.42 bits per heavy atom. The molecule has 19 heavy (non-hydrogen) atoms. The molecule has 0 radical (unpaired) electrons. The molecule has 0 aliphatic rings. The summed E-state index contributed by atoms with van der Waals surface area (Å²) in [5, 5.41) is 0. The standard InChI is InChI=1S/C16H17F.CH3F/c1-11-6-4-5-7-15(11)13(3)16-9-8-14(17)10-12(16)2;1-2/h4-10,13H,1-3H3;1H3. The molecule has 0 nitrogen and oxygen atoms in total. The molecule has 0 amide bonds. The van der Waals surface area contributed by atoms with Gasteiger partial charge in [0.2, 0.25) is 0 Å². The van der Waals surface area contributed by atoms with Gasteiger partial charge in [0.25, 0.3) is 0 Å². The first-order valence-electron chi connectivity index (χ1n) is 6.29. The van der Waals surface area contributed by atoms with E-state index < -0.39 is 0 Å². The number of aryl methyl sites for hydroxylation is 2. The van der Waals surface area contributed by atoms with E-state index in [4.69, 9.17) is 0 Å². The van der Waals surface area contributed by atoms with Gasteiger partial charge in [0.1, 0.15) is 5.82 Å². The maximum Gasteiger partial charge on any atom is 0.123 e. The summed E-state index contributed by atoms with van der Waals surface area (Å²) in [6.45, 7) is 6.25. The third-order valence-corrected chi connectivity index (χ3v) is 3.35. The minimum Gasteiger partial charge on any atom is -0.255 e. The molecule has 2 rings (SSSR count). The van der Waals surface area contributed by atoms with Crippen LogP contribution in [0.25, 0.3) is 0 Å². The summed E-state index contributed by atoms with van der Waals surface area (Å²) in [5.41, 5.74) is 4.80. The molecule has 0 bridgehead atoms. The van der Waals surface area contributed by atoms with Gasteiger partial charge in [-0.15, -0.1) is 0 Å². The molecular formula is C17H20F2. The Kier molecular flexibility index (Phi) is 5.68. The first kappa shape index (κ1) is 15.4. The van der Waals surface area contributed by atoms with Crippen molar-refractivity contribution >= 4 is 0 Å². The number of hydrogen-bond acceptors (Lipinski definition) is 0. The summed E-state index contributed by atoms with van der Waals surface area (Å²) in [4.78, 5) is 0. The van der Waals surface area contributed by atoms with Crippen molar-refractivity contribution in [3.63, 3.8) is 0 Å². The lowest BCUT2D eigenvalue weighted by Gasteiger charge is -2.17. The predicted molar refractivity (Wildman–Crippen MR) is 76.9 cm³/mol. The van der Waals surface area contributed by atoms with E-state index in [-0.39, 0.29) is 5.82 Å². The van der Waals surface area contributed by atoms with E-state index in [0.717, 1.165) is 5.56 Å². The molecule has 0 saturated carbocycles. The lowest BCUT2D eigenvalue weighted by molar-refractivity contribution is 0.625. The van der Waals surface area contributed by atoms with Gasteiger partial charge in [-0.2, -0.15) is 0 Å². The summed E-state index contributed by atoms with van der Waals surface area (Å²) in [7, 11) is 0.500. The maximum atomic E-state index is 13.1. The molecule has 1 unspecified atom stereocenters. The molecule has 0 heterocycles. The highest BCUT2D eigenvalue weighted by molar-refractivity contribution is 5.40. The van der Waals surface area contributed by atoms with Crippen LogP contribution in [0.15, 0.2) is 42.5 Å². The van der Waals surface area contributed by atoms with Crippen LogP contribution in [0, 0.1) is 19.7 Å². The van der Waals surface area contributed by atoms with Gasteiger partial charge in [0.15, 0.2) is 0 Å². The van der Waals surface area contributed by atoms with Crippen LogP contribution in [0.5, 0.6) is 0 Å². The number of rotatable bonds is 2. The second kappa shape index (κ2) is 7.03. The van der Waals surface area contributed by atoms with Gasteiger partial charge in [-0.25, -0.2) is 4.39 Å². The Bertz CT molecular complexity index is 533. The zero-order chi connectivity index (χ0) is 14.4. The van der Waals surface area contributed by atoms with Crippen molar-refractivity contribution in [2.24, 2.45) is 0 Å². The molecule has 0 fully saturated rings. The van der Waals surface area contributed by atoms with Crippen LogP contribution in [0.1, 0.15) is 35.1 Å². The summed E-state index contributed by atoms with van der Waals surface area (Å²) in [6.07, 6.45) is 0. The Labute approximate surface area is 114 Å². The molecule has 0 aromatic heterocycles. The fourth-order valence-corrected chi connectivity index (χ4v) is 2.37. The molecular weight excluding hydrogens is 242 g/mol. The van der Waals surface area contributed by atoms with E-state index in [0.29, 0.717) is 13.1 Å².